The Morgan fingerprint density at radius 3 is 2.83 bits per heavy atom. The van der Waals surface area contributed by atoms with Gasteiger partial charge in [0.2, 0.25) is 5.91 Å². The number of benzene rings is 2. The molecule has 3 N–H and O–H groups in total. The minimum absolute atomic E-state index is 0.0787. The first-order chi connectivity index (χ1) is 11.4. The van der Waals surface area contributed by atoms with Gasteiger partial charge in [-0.05, 0) is 46.9 Å². The maximum absolute atomic E-state index is 12.6. The molecular formula is C15H13BN2O5S. The van der Waals surface area contributed by atoms with Crippen LogP contribution < -0.4 is 15.5 Å². The first-order valence-electron chi connectivity index (χ1n) is 7.30. The van der Waals surface area contributed by atoms with E-state index in [-0.39, 0.29) is 17.2 Å². The number of carbonyl (C=O) groups excluding carboxylic acids is 1. The molecule has 0 fully saturated rings. The van der Waals surface area contributed by atoms with E-state index in [2.05, 4.69) is 10.0 Å². The largest absolute Gasteiger partial charge is 0.491 e. The summed E-state index contributed by atoms with van der Waals surface area (Å²) in [6, 6.07) is 9.40. The molecule has 2 aliphatic heterocycles. The van der Waals surface area contributed by atoms with Crippen LogP contribution in [-0.4, -0.2) is 26.5 Å². The summed E-state index contributed by atoms with van der Waals surface area (Å²) in [5.41, 5.74) is 3.01. The summed E-state index contributed by atoms with van der Waals surface area (Å²) in [5.74, 6) is -0.153. The van der Waals surface area contributed by atoms with Crippen molar-refractivity contribution in [2.45, 2.75) is 17.9 Å². The third-order valence-electron chi connectivity index (χ3n) is 4.07. The van der Waals surface area contributed by atoms with Crippen molar-refractivity contribution < 1.29 is 22.9 Å². The van der Waals surface area contributed by atoms with E-state index in [1.54, 1.807) is 24.3 Å². The van der Waals surface area contributed by atoms with Crippen molar-refractivity contribution >= 4 is 39.9 Å². The van der Waals surface area contributed by atoms with Gasteiger partial charge in [-0.25, -0.2) is 8.42 Å². The van der Waals surface area contributed by atoms with Gasteiger partial charge in [-0.1, -0.05) is 6.07 Å². The smallest absolute Gasteiger partial charge is 0.423 e. The molecule has 24 heavy (non-hydrogen) atoms. The van der Waals surface area contributed by atoms with Crippen LogP contribution in [0.15, 0.2) is 41.3 Å². The van der Waals surface area contributed by atoms with E-state index in [0.29, 0.717) is 29.0 Å². The highest BCUT2D eigenvalue weighted by atomic mass is 32.2. The average Bonchev–Trinajstić information content (AvgIpc) is 3.08. The lowest BCUT2D eigenvalue weighted by atomic mass is 9.79. The van der Waals surface area contributed by atoms with Crippen LogP contribution in [0.5, 0.6) is 0 Å². The van der Waals surface area contributed by atoms with Crippen molar-refractivity contribution in [3.63, 3.8) is 0 Å². The highest BCUT2D eigenvalue weighted by Crippen LogP contribution is 2.27. The Balaban J connectivity index is 1.64. The molecule has 0 aromatic heterocycles. The maximum Gasteiger partial charge on any atom is 0.491 e. The maximum atomic E-state index is 12.6. The van der Waals surface area contributed by atoms with Gasteiger partial charge in [-0.2, -0.15) is 0 Å². The second-order valence-electron chi connectivity index (χ2n) is 5.73. The van der Waals surface area contributed by atoms with Gasteiger partial charge in [0.25, 0.3) is 10.0 Å². The SMILES string of the molecule is O=C1Cc2cc(S(=O)(=O)Nc3ccc4c(c3)B(O)OC4)ccc2N1. The van der Waals surface area contributed by atoms with Crippen molar-refractivity contribution in [3.05, 3.63) is 47.5 Å². The van der Waals surface area contributed by atoms with Crippen LogP contribution in [-0.2, 0) is 32.5 Å². The molecule has 0 spiro atoms. The molecule has 0 saturated heterocycles. The highest BCUT2D eigenvalue weighted by molar-refractivity contribution is 7.92. The van der Waals surface area contributed by atoms with Crippen molar-refractivity contribution in [2.75, 3.05) is 10.0 Å². The third kappa shape index (κ3) is 2.56. The van der Waals surface area contributed by atoms with E-state index in [9.17, 15) is 18.2 Å². The number of fused-ring (bicyclic) bond motifs is 2. The minimum Gasteiger partial charge on any atom is -0.423 e. The number of anilines is 2. The van der Waals surface area contributed by atoms with Crippen molar-refractivity contribution in [1.82, 2.24) is 0 Å². The van der Waals surface area contributed by atoms with Gasteiger partial charge in [0.15, 0.2) is 0 Å². The predicted molar refractivity (Wildman–Crippen MR) is 88.4 cm³/mol. The zero-order valence-corrected chi connectivity index (χ0v) is 13.3. The zero-order valence-electron chi connectivity index (χ0n) is 12.4. The Morgan fingerprint density at radius 2 is 2.00 bits per heavy atom. The molecule has 9 heteroatoms. The fourth-order valence-corrected chi connectivity index (χ4v) is 3.96. The van der Waals surface area contributed by atoms with Crippen LogP contribution in [0, 0.1) is 0 Å². The molecule has 2 aromatic rings. The molecular weight excluding hydrogens is 331 g/mol. The van der Waals surface area contributed by atoms with Gasteiger partial charge in [0.1, 0.15) is 0 Å². The van der Waals surface area contributed by atoms with E-state index >= 15 is 0 Å². The van der Waals surface area contributed by atoms with Gasteiger partial charge < -0.3 is 15.0 Å². The van der Waals surface area contributed by atoms with Gasteiger partial charge in [0.05, 0.1) is 17.9 Å². The summed E-state index contributed by atoms with van der Waals surface area (Å²) in [5, 5.41) is 12.4. The molecule has 0 saturated carbocycles. The molecule has 1 amide bonds. The molecule has 2 heterocycles. The van der Waals surface area contributed by atoms with Crippen LogP contribution in [0.1, 0.15) is 11.1 Å². The second kappa shape index (κ2) is 5.33. The summed E-state index contributed by atoms with van der Waals surface area (Å²) >= 11 is 0. The molecule has 0 aliphatic carbocycles. The normalized spacial score (nSPS) is 15.9. The molecule has 0 radical (unpaired) electrons. The fraction of sp³-hybridized carbons (Fsp3) is 0.133. The molecule has 2 aromatic carbocycles. The molecule has 7 nitrogen and oxygen atoms in total. The highest BCUT2D eigenvalue weighted by Gasteiger charge is 2.28. The number of carbonyl (C=O) groups is 1. The number of rotatable bonds is 3. The number of nitrogens with one attached hydrogen (secondary N) is 2. The zero-order chi connectivity index (χ0) is 16.9. The molecule has 0 unspecified atom stereocenters. The van der Waals surface area contributed by atoms with Gasteiger partial charge in [-0.3, -0.25) is 9.52 Å². The Labute approximate surface area is 138 Å². The predicted octanol–water partition coefficient (Wildman–Crippen LogP) is 0.200. The molecule has 122 valence electrons. The van der Waals surface area contributed by atoms with E-state index in [0.717, 1.165) is 5.56 Å². The van der Waals surface area contributed by atoms with E-state index < -0.39 is 17.1 Å². The first-order valence-corrected chi connectivity index (χ1v) is 8.79. The molecule has 4 rings (SSSR count). The van der Waals surface area contributed by atoms with Crippen molar-refractivity contribution in [1.29, 1.82) is 0 Å². The van der Waals surface area contributed by atoms with Crippen molar-refractivity contribution in [2.24, 2.45) is 0 Å². The summed E-state index contributed by atoms with van der Waals surface area (Å²) in [4.78, 5) is 11.5. The van der Waals surface area contributed by atoms with E-state index in [1.807, 2.05) is 0 Å². The van der Waals surface area contributed by atoms with Crippen LogP contribution in [0.25, 0.3) is 0 Å². The number of hydrogen-bond acceptors (Lipinski definition) is 5. The lowest BCUT2D eigenvalue weighted by molar-refractivity contribution is -0.115. The standard InChI is InChI=1S/C15H13BN2O5S/c19-15-6-10-5-12(3-4-14(10)17-15)24(21,22)18-11-2-1-9-8-23-16(20)13(9)7-11/h1-5,7,18,20H,6,8H2,(H,17,19). The Morgan fingerprint density at radius 1 is 1.17 bits per heavy atom. The fourth-order valence-electron chi connectivity index (χ4n) is 2.87. The van der Waals surface area contributed by atoms with Crippen LogP contribution in [0.4, 0.5) is 11.4 Å². The van der Waals surface area contributed by atoms with Crippen LogP contribution in [0.2, 0.25) is 0 Å². The summed E-state index contributed by atoms with van der Waals surface area (Å²) in [7, 11) is -4.84. The monoisotopic (exact) mass is 344 g/mol. The minimum atomic E-state index is -3.80. The van der Waals surface area contributed by atoms with Crippen LogP contribution >= 0.6 is 0 Å². The quantitative estimate of drug-likeness (QED) is 0.690. The molecule has 0 bridgehead atoms. The van der Waals surface area contributed by atoms with Gasteiger partial charge >= 0.3 is 7.12 Å². The van der Waals surface area contributed by atoms with Crippen LogP contribution in [0.3, 0.4) is 0 Å². The van der Waals surface area contributed by atoms with Gasteiger partial charge in [-0.15, -0.1) is 0 Å². The Kier molecular flexibility index (Phi) is 3.38. The Hall–Kier alpha value is -2.36. The number of sulfonamides is 1. The number of hydrogen-bond donors (Lipinski definition) is 3. The molecule has 0 atom stereocenters. The Bertz CT molecular complexity index is 960. The summed E-state index contributed by atoms with van der Waals surface area (Å²) < 4.78 is 32.7. The lowest BCUT2D eigenvalue weighted by Gasteiger charge is -2.10. The topological polar surface area (TPSA) is 105 Å². The van der Waals surface area contributed by atoms with Crippen molar-refractivity contribution in [3.8, 4) is 0 Å². The van der Waals surface area contributed by atoms with E-state index in [4.69, 9.17) is 4.65 Å². The van der Waals surface area contributed by atoms with E-state index in [1.165, 1.54) is 12.1 Å². The lowest BCUT2D eigenvalue weighted by Crippen LogP contribution is -2.28. The van der Waals surface area contributed by atoms with Gasteiger partial charge in [0, 0.05) is 11.4 Å². The second-order valence-corrected chi connectivity index (χ2v) is 7.41. The molecule has 2 aliphatic rings. The first kappa shape index (κ1) is 15.2. The average molecular weight is 344 g/mol. The third-order valence-corrected chi connectivity index (χ3v) is 5.45. The summed E-state index contributed by atoms with van der Waals surface area (Å²) in [6.45, 7) is 0.301. The number of amides is 1. The summed E-state index contributed by atoms with van der Waals surface area (Å²) in [6.07, 6.45) is 0.168.